The van der Waals surface area contributed by atoms with Gasteiger partial charge < -0.3 is 4.90 Å². The molecule has 1 unspecified atom stereocenters. The summed E-state index contributed by atoms with van der Waals surface area (Å²) in [6.07, 6.45) is -2.56. The van der Waals surface area contributed by atoms with Crippen LogP contribution < -0.4 is 0 Å². The molecule has 1 aromatic rings. The highest BCUT2D eigenvalue weighted by atomic mass is 79.9. The number of rotatable bonds is 2. The predicted molar refractivity (Wildman–Crippen MR) is 73.4 cm³/mol. The van der Waals surface area contributed by atoms with Crippen molar-refractivity contribution in [2.24, 2.45) is 5.92 Å². The highest BCUT2D eigenvalue weighted by molar-refractivity contribution is 9.10. The maximum atomic E-state index is 12.8. The Labute approximate surface area is 124 Å². The van der Waals surface area contributed by atoms with Gasteiger partial charge in [-0.3, -0.25) is 4.79 Å². The first-order chi connectivity index (χ1) is 9.32. The second-order valence-electron chi connectivity index (χ2n) is 5.01. The van der Waals surface area contributed by atoms with Crippen molar-refractivity contribution in [3.8, 4) is 0 Å². The number of nitrogens with zero attached hydrogens (tertiary/aromatic N) is 1. The van der Waals surface area contributed by atoms with Crippen molar-refractivity contribution < 1.29 is 18.0 Å². The molecule has 1 heterocycles. The quantitative estimate of drug-likeness (QED) is 0.777. The highest BCUT2D eigenvalue weighted by Gasteiger charge is 2.34. The van der Waals surface area contributed by atoms with Crippen molar-refractivity contribution in [3.63, 3.8) is 0 Å². The highest BCUT2D eigenvalue weighted by Crippen LogP contribution is 2.35. The van der Waals surface area contributed by atoms with Crippen LogP contribution in [0.4, 0.5) is 13.2 Å². The van der Waals surface area contributed by atoms with Gasteiger partial charge in [-0.1, -0.05) is 29.3 Å². The lowest BCUT2D eigenvalue weighted by Crippen LogP contribution is -2.29. The first kappa shape index (κ1) is 15.4. The lowest BCUT2D eigenvalue weighted by Gasteiger charge is -2.17. The number of alkyl halides is 3. The molecular weight excluding hydrogens is 335 g/mol. The number of hydrogen-bond donors (Lipinski definition) is 0. The molecule has 110 valence electrons. The van der Waals surface area contributed by atoms with Gasteiger partial charge in [0.15, 0.2) is 0 Å². The average Bonchev–Trinajstić information content (AvgIpc) is 2.86. The van der Waals surface area contributed by atoms with Crippen LogP contribution in [0.1, 0.15) is 35.7 Å². The number of likely N-dealkylation sites (tertiary alicyclic amines) is 1. The number of hydrogen-bond acceptors (Lipinski definition) is 1. The van der Waals surface area contributed by atoms with Crippen LogP contribution in [0.15, 0.2) is 22.7 Å². The Balaban J connectivity index is 2.23. The average molecular weight is 350 g/mol. The summed E-state index contributed by atoms with van der Waals surface area (Å²) in [4.78, 5) is 13.9. The van der Waals surface area contributed by atoms with Crippen molar-refractivity contribution in [2.45, 2.75) is 25.9 Å². The van der Waals surface area contributed by atoms with Gasteiger partial charge in [-0.25, -0.2) is 0 Å². The third-order valence-corrected chi connectivity index (χ3v) is 4.36. The SMILES string of the molecule is CCC1CCN(C(=O)c2ccc(Br)c(C(F)(F)F)c2)C1. The Hall–Kier alpha value is -1.04. The molecule has 0 aliphatic carbocycles. The first-order valence-corrected chi connectivity index (χ1v) is 7.28. The summed E-state index contributed by atoms with van der Waals surface area (Å²) >= 11 is 2.87. The number of carbonyl (C=O) groups is 1. The van der Waals surface area contributed by atoms with Gasteiger partial charge in [0, 0.05) is 23.1 Å². The van der Waals surface area contributed by atoms with E-state index in [1.165, 1.54) is 12.1 Å². The fraction of sp³-hybridized carbons (Fsp3) is 0.500. The molecule has 1 amide bonds. The minimum absolute atomic E-state index is 0.0468. The minimum atomic E-state index is -4.47. The van der Waals surface area contributed by atoms with Gasteiger partial charge in [0.1, 0.15) is 0 Å². The second-order valence-corrected chi connectivity index (χ2v) is 5.86. The summed E-state index contributed by atoms with van der Waals surface area (Å²) in [6.45, 7) is 3.31. The third kappa shape index (κ3) is 3.16. The summed E-state index contributed by atoms with van der Waals surface area (Å²) < 4.78 is 38.4. The zero-order chi connectivity index (χ0) is 14.9. The van der Waals surface area contributed by atoms with Crippen molar-refractivity contribution in [1.82, 2.24) is 4.90 Å². The van der Waals surface area contributed by atoms with E-state index < -0.39 is 11.7 Å². The van der Waals surface area contributed by atoms with Crippen molar-refractivity contribution in [3.05, 3.63) is 33.8 Å². The van der Waals surface area contributed by atoms with Crippen molar-refractivity contribution in [2.75, 3.05) is 13.1 Å². The molecule has 0 spiro atoms. The molecule has 6 heteroatoms. The van der Waals surface area contributed by atoms with Gasteiger partial charge in [0.05, 0.1) is 5.56 Å². The molecule has 2 nitrogen and oxygen atoms in total. The smallest absolute Gasteiger partial charge is 0.338 e. The topological polar surface area (TPSA) is 20.3 Å². The number of benzene rings is 1. The molecule has 0 aromatic heterocycles. The molecule has 1 atom stereocenters. The minimum Gasteiger partial charge on any atom is -0.338 e. The lowest BCUT2D eigenvalue weighted by molar-refractivity contribution is -0.138. The molecule has 1 aliphatic heterocycles. The van der Waals surface area contributed by atoms with E-state index >= 15 is 0 Å². The molecule has 0 radical (unpaired) electrons. The summed E-state index contributed by atoms with van der Waals surface area (Å²) in [5.74, 6) is 0.135. The summed E-state index contributed by atoms with van der Waals surface area (Å²) in [7, 11) is 0. The Bertz CT molecular complexity index is 516. The fourth-order valence-corrected chi connectivity index (χ4v) is 2.88. The van der Waals surface area contributed by atoms with Gasteiger partial charge >= 0.3 is 6.18 Å². The molecule has 1 fully saturated rings. The maximum absolute atomic E-state index is 12.8. The number of halogens is 4. The third-order valence-electron chi connectivity index (χ3n) is 3.67. The van der Waals surface area contributed by atoms with Gasteiger partial charge in [-0.2, -0.15) is 13.2 Å². The van der Waals surface area contributed by atoms with Gasteiger partial charge in [0.2, 0.25) is 0 Å². The molecule has 1 aromatic carbocycles. The molecule has 0 bridgehead atoms. The van der Waals surface area contributed by atoms with E-state index in [9.17, 15) is 18.0 Å². The summed E-state index contributed by atoms with van der Waals surface area (Å²) in [5, 5.41) is 0. The van der Waals surface area contributed by atoms with Crippen molar-refractivity contribution >= 4 is 21.8 Å². The normalized spacial score (nSPS) is 19.4. The van der Waals surface area contributed by atoms with E-state index in [0.29, 0.717) is 19.0 Å². The Morgan fingerprint density at radius 2 is 2.15 bits per heavy atom. The number of amides is 1. The van der Waals surface area contributed by atoms with E-state index in [1.54, 1.807) is 4.90 Å². The standard InChI is InChI=1S/C14H15BrF3NO/c1-2-9-5-6-19(8-9)13(20)10-3-4-12(15)11(7-10)14(16,17)18/h3-4,7,9H,2,5-6,8H2,1H3. The van der Waals surface area contributed by atoms with Crippen LogP contribution in [-0.4, -0.2) is 23.9 Å². The molecular formula is C14H15BrF3NO. The largest absolute Gasteiger partial charge is 0.417 e. The van der Waals surface area contributed by atoms with E-state index in [-0.39, 0.29) is 15.9 Å². The molecule has 1 aliphatic rings. The van der Waals surface area contributed by atoms with E-state index in [4.69, 9.17) is 0 Å². The van der Waals surface area contributed by atoms with Crippen LogP contribution in [0.2, 0.25) is 0 Å². The molecule has 1 saturated heterocycles. The molecule has 0 N–H and O–H groups in total. The molecule has 20 heavy (non-hydrogen) atoms. The fourth-order valence-electron chi connectivity index (χ4n) is 2.41. The summed E-state index contributed by atoms with van der Waals surface area (Å²) in [6, 6.07) is 3.63. The lowest BCUT2D eigenvalue weighted by atomic mass is 10.1. The molecule has 0 saturated carbocycles. The van der Waals surface area contributed by atoms with Crippen LogP contribution >= 0.6 is 15.9 Å². The predicted octanol–water partition coefficient (Wildman–Crippen LogP) is 4.34. The zero-order valence-electron chi connectivity index (χ0n) is 11.0. The van der Waals surface area contributed by atoms with E-state index in [0.717, 1.165) is 18.9 Å². The van der Waals surface area contributed by atoms with Gasteiger partial charge in [0.25, 0.3) is 5.91 Å². The van der Waals surface area contributed by atoms with Crippen LogP contribution in [0.3, 0.4) is 0 Å². The number of carbonyl (C=O) groups excluding carboxylic acids is 1. The monoisotopic (exact) mass is 349 g/mol. The Morgan fingerprint density at radius 3 is 2.70 bits per heavy atom. The molecule has 2 rings (SSSR count). The van der Waals surface area contributed by atoms with Gasteiger partial charge in [-0.05, 0) is 30.5 Å². The first-order valence-electron chi connectivity index (χ1n) is 6.49. The van der Waals surface area contributed by atoms with Crippen molar-refractivity contribution in [1.29, 1.82) is 0 Å². The second kappa shape index (κ2) is 5.76. The Morgan fingerprint density at radius 1 is 1.45 bits per heavy atom. The summed E-state index contributed by atoms with van der Waals surface area (Å²) in [5.41, 5.74) is -0.716. The van der Waals surface area contributed by atoms with Gasteiger partial charge in [-0.15, -0.1) is 0 Å². The van der Waals surface area contributed by atoms with Crippen LogP contribution in [0.5, 0.6) is 0 Å². The van der Waals surface area contributed by atoms with Crippen LogP contribution in [-0.2, 0) is 6.18 Å². The van der Waals surface area contributed by atoms with Crippen LogP contribution in [0.25, 0.3) is 0 Å². The maximum Gasteiger partial charge on any atom is 0.417 e. The van der Waals surface area contributed by atoms with E-state index in [2.05, 4.69) is 22.9 Å². The van der Waals surface area contributed by atoms with E-state index in [1.807, 2.05) is 0 Å². The van der Waals surface area contributed by atoms with Crippen LogP contribution in [0, 0.1) is 5.92 Å². The zero-order valence-corrected chi connectivity index (χ0v) is 12.6. The Kier molecular flexibility index (Phi) is 4.42.